The molecule has 1 fully saturated rings. The number of carboxylic acids is 1. The third kappa shape index (κ3) is 4.75. The quantitative estimate of drug-likeness (QED) is 0.826. The fraction of sp³-hybridized carbons (Fsp3) is 0.286. The summed E-state index contributed by atoms with van der Waals surface area (Å²) in [4.78, 5) is 40.1. The molecule has 7 nitrogen and oxygen atoms in total. The number of amides is 2. The normalized spacial score (nSPS) is 14.5. The molecule has 0 unspecified atom stereocenters. The molecule has 0 atom stereocenters. The average Bonchev–Trinajstić information content (AvgIpc) is 2.69. The van der Waals surface area contributed by atoms with Crippen molar-refractivity contribution in [1.82, 2.24) is 9.80 Å². The number of piperazine rings is 1. The zero-order valence-corrected chi connectivity index (χ0v) is 15.7. The molecular weight excluding hydrogens is 358 g/mol. The van der Waals surface area contributed by atoms with Gasteiger partial charge in [0.2, 0.25) is 5.91 Å². The van der Waals surface area contributed by atoms with Crippen molar-refractivity contribution in [2.45, 2.75) is 6.42 Å². The van der Waals surface area contributed by atoms with Crippen molar-refractivity contribution in [3.63, 3.8) is 0 Å². The van der Waals surface area contributed by atoms with Crippen LogP contribution in [0.25, 0.3) is 0 Å². The number of carbonyl (C=O) groups is 3. The fourth-order valence-electron chi connectivity index (χ4n) is 3.15. The Balaban J connectivity index is 1.60. The van der Waals surface area contributed by atoms with Crippen molar-refractivity contribution >= 4 is 23.5 Å². The van der Waals surface area contributed by atoms with Gasteiger partial charge in [0.05, 0.1) is 12.0 Å². The van der Waals surface area contributed by atoms with Gasteiger partial charge in [0.25, 0.3) is 5.91 Å². The van der Waals surface area contributed by atoms with Crippen LogP contribution < -0.4 is 5.32 Å². The van der Waals surface area contributed by atoms with Gasteiger partial charge < -0.3 is 20.2 Å². The summed E-state index contributed by atoms with van der Waals surface area (Å²) in [7, 11) is 2.04. The van der Waals surface area contributed by atoms with Crippen LogP contribution in [0.15, 0.2) is 48.5 Å². The Morgan fingerprint density at radius 2 is 1.61 bits per heavy atom. The zero-order chi connectivity index (χ0) is 20.1. The summed E-state index contributed by atoms with van der Waals surface area (Å²) < 4.78 is 0. The largest absolute Gasteiger partial charge is 0.478 e. The van der Waals surface area contributed by atoms with Gasteiger partial charge in [0, 0.05) is 37.4 Å². The van der Waals surface area contributed by atoms with Crippen LogP contribution >= 0.6 is 0 Å². The molecule has 1 aliphatic heterocycles. The van der Waals surface area contributed by atoms with Crippen molar-refractivity contribution in [2.75, 3.05) is 38.5 Å². The van der Waals surface area contributed by atoms with Crippen LogP contribution in [0.5, 0.6) is 0 Å². The molecule has 0 saturated carbocycles. The van der Waals surface area contributed by atoms with Crippen LogP contribution in [0.2, 0.25) is 0 Å². The predicted molar refractivity (Wildman–Crippen MR) is 106 cm³/mol. The number of carbonyl (C=O) groups excluding carboxylic acids is 2. The number of carboxylic acid groups (broad SMARTS) is 1. The van der Waals surface area contributed by atoms with Gasteiger partial charge in [-0.25, -0.2) is 4.79 Å². The van der Waals surface area contributed by atoms with E-state index >= 15 is 0 Å². The molecular formula is C21H23N3O4. The second kappa shape index (κ2) is 8.67. The van der Waals surface area contributed by atoms with E-state index < -0.39 is 5.97 Å². The Bertz CT molecular complexity index is 871. The molecule has 0 spiro atoms. The van der Waals surface area contributed by atoms with Gasteiger partial charge in [0.15, 0.2) is 0 Å². The maximum atomic E-state index is 12.5. The summed E-state index contributed by atoms with van der Waals surface area (Å²) in [6.07, 6.45) is -0.0373. The van der Waals surface area contributed by atoms with Gasteiger partial charge in [-0.15, -0.1) is 0 Å². The summed E-state index contributed by atoms with van der Waals surface area (Å²) >= 11 is 0. The van der Waals surface area contributed by atoms with Gasteiger partial charge in [0.1, 0.15) is 0 Å². The number of benzene rings is 2. The predicted octanol–water partition coefficient (Wildman–Crippen LogP) is 1.95. The molecule has 1 aliphatic rings. The molecule has 0 aliphatic carbocycles. The minimum Gasteiger partial charge on any atom is -0.478 e. The van der Waals surface area contributed by atoms with Crippen LogP contribution in [0.1, 0.15) is 26.3 Å². The lowest BCUT2D eigenvalue weighted by atomic mass is 10.0. The van der Waals surface area contributed by atoms with E-state index in [0.717, 1.165) is 13.1 Å². The molecule has 0 bridgehead atoms. The minimum absolute atomic E-state index is 0.0126. The number of aromatic carboxylic acids is 1. The third-order valence-corrected chi connectivity index (χ3v) is 4.80. The van der Waals surface area contributed by atoms with Crippen LogP contribution in [-0.2, 0) is 11.2 Å². The van der Waals surface area contributed by atoms with Crippen LogP contribution in [-0.4, -0.2) is 65.9 Å². The number of nitrogens with zero attached hydrogens (tertiary/aromatic N) is 2. The standard InChI is InChI=1S/C21H23N3O4/c1-23-10-12-24(13-11-23)20(26)15-6-8-17(9-7-15)22-19(25)14-16-4-2-3-5-18(16)21(27)28/h2-9H,10-14H2,1H3,(H,22,25)(H,27,28). The summed E-state index contributed by atoms with van der Waals surface area (Å²) in [5.41, 5.74) is 1.71. The molecule has 0 aromatic heterocycles. The molecule has 146 valence electrons. The molecule has 28 heavy (non-hydrogen) atoms. The lowest BCUT2D eigenvalue weighted by Gasteiger charge is -2.32. The molecule has 2 aromatic carbocycles. The Morgan fingerprint density at radius 3 is 2.25 bits per heavy atom. The lowest BCUT2D eigenvalue weighted by Crippen LogP contribution is -2.47. The van der Waals surface area contributed by atoms with Crippen molar-refractivity contribution in [2.24, 2.45) is 0 Å². The van der Waals surface area contributed by atoms with E-state index in [0.29, 0.717) is 29.9 Å². The van der Waals surface area contributed by atoms with E-state index in [1.807, 2.05) is 11.9 Å². The number of nitrogens with one attached hydrogen (secondary N) is 1. The zero-order valence-electron chi connectivity index (χ0n) is 15.7. The maximum absolute atomic E-state index is 12.5. The Morgan fingerprint density at radius 1 is 0.964 bits per heavy atom. The monoisotopic (exact) mass is 381 g/mol. The first-order valence-corrected chi connectivity index (χ1v) is 9.13. The highest BCUT2D eigenvalue weighted by Gasteiger charge is 2.20. The van der Waals surface area contributed by atoms with Gasteiger partial charge in [-0.3, -0.25) is 9.59 Å². The Hall–Kier alpha value is -3.19. The number of rotatable bonds is 5. The second-order valence-electron chi connectivity index (χ2n) is 6.86. The summed E-state index contributed by atoms with van der Waals surface area (Å²) in [5, 5.41) is 11.9. The van der Waals surface area contributed by atoms with Crippen molar-refractivity contribution < 1.29 is 19.5 Å². The first kappa shape index (κ1) is 19.6. The highest BCUT2D eigenvalue weighted by Crippen LogP contribution is 2.15. The first-order chi connectivity index (χ1) is 13.4. The van der Waals surface area contributed by atoms with Gasteiger partial charge in [-0.05, 0) is 42.9 Å². The molecule has 1 saturated heterocycles. The Labute approximate surface area is 163 Å². The second-order valence-corrected chi connectivity index (χ2v) is 6.86. The number of anilines is 1. The molecule has 2 aromatic rings. The molecule has 3 rings (SSSR count). The number of likely N-dealkylation sites (N-methyl/N-ethyl adjacent to an activating group) is 1. The summed E-state index contributed by atoms with van der Waals surface area (Å²) in [6, 6.07) is 13.2. The van der Waals surface area contributed by atoms with Crippen molar-refractivity contribution in [1.29, 1.82) is 0 Å². The van der Waals surface area contributed by atoms with E-state index in [2.05, 4.69) is 10.2 Å². The topological polar surface area (TPSA) is 90.0 Å². The van der Waals surface area contributed by atoms with Crippen LogP contribution in [0.4, 0.5) is 5.69 Å². The summed E-state index contributed by atoms with van der Waals surface area (Å²) in [5.74, 6) is -1.39. The van der Waals surface area contributed by atoms with E-state index in [4.69, 9.17) is 0 Å². The third-order valence-electron chi connectivity index (χ3n) is 4.80. The minimum atomic E-state index is -1.06. The van der Waals surface area contributed by atoms with E-state index in [1.165, 1.54) is 6.07 Å². The maximum Gasteiger partial charge on any atom is 0.335 e. The van der Waals surface area contributed by atoms with Gasteiger partial charge in [-0.1, -0.05) is 18.2 Å². The molecule has 1 heterocycles. The molecule has 2 N–H and O–H groups in total. The highest BCUT2D eigenvalue weighted by molar-refractivity contribution is 5.97. The smallest absolute Gasteiger partial charge is 0.335 e. The number of hydrogen-bond donors (Lipinski definition) is 2. The summed E-state index contributed by atoms with van der Waals surface area (Å²) in [6.45, 7) is 3.13. The lowest BCUT2D eigenvalue weighted by molar-refractivity contribution is -0.115. The van der Waals surface area contributed by atoms with Crippen molar-refractivity contribution in [3.8, 4) is 0 Å². The van der Waals surface area contributed by atoms with Crippen LogP contribution in [0.3, 0.4) is 0 Å². The van der Waals surface area contributed by atoms with Gasteiger partial charge in [-0.2, -0.15) is 0 Å². The van der Waals surface area contributed by atoms with E-state index in [9.17, 15) is 19.5 Å². The molecule has 2 amide bonds. The Kier molecular flexibility index (Phi) is 6.06. The average molecular weight is 381 g/mol. The SMILES string of the molecule is CN1CCN(C(=O)c2ccc(NC(=O)Cc3ccccc3C(=O)O)cc2)CC1. The van der Waals surface area contributed by atoms with E-state index in [-0.39, 0.29) is 23.8 Å². The number of hydrogen-bond acceptors (Lipinski definition) is 4. The fourth-order valence-corrected chi connectivity index (χ4v) is 3.15. The van der Waals surface area contributed by atoms with E-state index in [1.54, 1.807) is 42.5 Å². The van der Waals surface area contributed by atoms with Crippen LogP contribution in [0, 0.1) is 0 Å². The first-order valence-electron chi connectivity index (χ1n) is 9.13. The molecule has 7 heteroatoms. The molecule has 0 radical (unpaired) electrons. The highest BCUT2D eigenvalue weighted by atomic mass is 16.4. The van der Waals surface area contributed by atoms with Gasteiger partial charge >= 0.3 is 5.97 Å². The van der Waals surface area contributed by atoms with Crippen molar-refractivity contribution in [3.05, 3.63) is 65.2 Å².